The molecule has 0 radical (unpaired) electrons. The third-order valence-electron chi connectivity index (χ3n) is 8.07. The van der Waals surface area contributed by atoms with Crippen molar-refractivity contribution in [2.45, 2.75) is 86.2 Å². The second kappa shape index (κ2) is 40.0. The first kappa shape index (κ1) is 66.7. The molecule has 0 aromatic heterocycles. The van der Waals surface area contributed by atoms with E-state index in [0.717, 1.165) is 12.8 Å². The van der Waals surface area contributed by atoms with Crippen LogP contribution in [0.3, 0.4) is 0 Å². The van der Waals surface area contributed by atoms with Crippen LogP contribution in [0.5, 0.6) is 23.0 Å². The van der Waals surface area contributed by atoms with Gasteiger partial charge in [0, 0.05) is 0 Å². The zero-order valence-corrected chi connectivity index (χ0v) is 46.9. The summed E-state index contributed by atoms with van der Waals surface area (Å²) in [7, 11) is -14.2. The summed E-state index contributed by atoms with van der Waals surface area (Å²) in [5, 5.41) is 0. The first-order valence-electron chi connectivity index (χ1n) is 24.0. The molecule has 4 aromatic rings. The van der Waals surface area contributed by atoms with E-state index in [-0.39, 0.29) is 45.1 Å². The normalized spacial score (nSPS) is 14.0. The van der Waals surface area contributed by atoms with E-state index in [1.165, 1.54) is 0 Å². The maximum absolute atomic E-state index is 12.5. The van der Waals surface area contributed by atoms with Gasteiger partial charge in [0.2, 0.25) is 0 Å². The number of hydrogen-bond acceptors (Lipinski definition) is 16. The lowest BCUT2D eigenvalue weighted by Gasteiger charge is -2.20. The fraction of sp³-hybridized carbons (Fsp3) is 0.396. The molecule has 16 nitrogen and oxygen atoms in total. The molecular formula is C53H78O16P4. The molecule has 0 N–H and O–H groups in total. The van der Waals surface area contributed by atoms with Crippen molar-refractivity contribution in [1.82, 2.24) is 0 Å². The molecule has 4 aromatic carbocycles. The molecule has 406 valence electrons. The van der Waals surface area contributed by atoms with E-state index in [1.807, 2.05) is 45.0 Å². The fourth-order valence-electron chi connectivity index (χ4n) is 4.76. The van der Waals surface area contributed by atoms with Gasteiger partial charge in [0.1, 0.15) is 23.0 Å². The van der Waals surface area contributed by atoms with Gasteiger partial charge in [0.05, 0.1) is 52.4 Å². The van der Waals surface area contributed by atoms with Crippen molar-refractivity contribution in [3.63, 3.8) is 0 Å². The van der Waals surface area contributed by atoms with Gasteiger partial charge in [0.25, 0.3) is 0 Å². The third kappa shape index (κ3) is 34.0. The summed E-state index contributed by atoms with van der Waals surface area (Å²) in [5.74, 6) is 2.10. The van der Waals surface area contributed by atoms with Gasteiger partial charge >= 0.3 is 31.3 Å². The SMILES string of the molecule is C=CCCOP(=O)(OCC(C)C)Oc1ccccc1.C=CCCOP(=O)(OCC)Oc1ccccc1.C=CCCOP(=O)(OCCCC)Oc1ccccc1.C=CCCOP(=O)(Oc1ccccc1)OC(C)C. The molecular weight excluding hydrogens is 1020 g/mol. The van der Waals surface area contributed by atoms with E-state index in [9.17, 15) is 18.3 Å². The molecule has 73 heavy (non-hydrogen) atoms. The molecule has 0 amide bonds. The topological polar surface area (TPSA) is 179 Å². The Morgan fingerprint density at radius 1 is 0.411 bits per heavy atom. The van der Waals surface area contributed by atoms with Crippen molar-refractivity contribution in [3.05, 3.63) is 172 Å². The van der Waals surface area contributed by atoms with Crippen molar-refractivity contribution in [2.75, 3.05) is 46.2 Å². The number of rotatable bonds is 35. The van der Waals surface area contributed by atoms with Crippen molar-refractivity contribution < 1.29 is 72.5 Å². The van der Waals surface area contributed by atoms with Crippen molar-refractivity contribution in [1.29, 1.82) is 0 Å². The van der Waals surface area contributed by atoms with Gasteiger partial charge in [-0.2, -0.15) is 0 Å². The van der Waals surface area contributed by atoms with Crippen molar-refractivity contribution in [2.24, 2.45) is 5.92 Å². The lowest BCUT2D eigenvalue weighted by molar-refractivity contribution is 0.127. The van der Waals surface area contributed by atoms with Crippen LogP contribution in [0.2, 0.25) is 0 Å². The van der Waals surface area contributed by atoms with Crippen molar-refractivity contribution in [3.8, 4) is 23.0 Å². The predicted octanol–water partition coefficient (Wildman–Crippen LogP) is 17.0. The van der Waals surface area contributed by atoms with Crippen LogP contribution in [-0.4, -0.2) is 52.4 Å². The highest BCUT2D eigenvalue weighted by Crippen LogP contribution is 2.52. The molecule has 20 heteroatoms. The van der Waals surface area contributed by atoms with Gasteiger partial charge in [-0.15, -0.1) is 26.3 Å². The van der Waals surface area contributed by atoms with E-state index in [2.05, 4.69) is 26.3 Å². The van der Waals surface area contributed by atoms with Gasteiger partial charge in [-0.25, -0.2) is 18.3 Å². The van der Waals surface area contributed by atoms with E-state index in [0.29, 0.717) is 61.9 Å². The van der Waals surface area contributed by atoms with Crippen LogP contribution in [0.15, 0.2) is 172 Å². The summed E-state index contributed by atoms with van der Waals surface area (Å²) in [6.07, 6.45) is 10.6. The molecule has 0 fully saturated rings. The lowest BCUT2D eigenvalue weighted by Crippen LogP contribution is -2.08. The van der Waals surface area contributed by atoms with E-state index in [4.69, 9.17) is 54.3 Å². The second-order valence-corrected chi connectivity index (χ2v) is 21.8. The van der Waals surface area contributed by atoms with Crippen LogP contribution >= 0.6 is 31.3 Å². The lowest BCUT2D eigenvalue weighted by atomic mass is 10.2. The fourth-order valence-corrected chi connectivity index (χ4v) is 9.96. The Labute approximate surface area is 435 Å². The molecule has 4 unspecified atom stereocenters. The maximum atomic E-state index is 12.5. The molecule has 0 bridgehead atoms. The summed E-state index contributed by atoms with van der Waals surface area (Å²) in [6, 6.07) is 35.4. The summed E-state index contributed by atoms with van der Waals surface area (Å²) in [4.78, 5) is 0. The molecule has 0 aliphatic rings. The van der Waals surface area contributed by atoms with Crippen LogP contribution in [-0.2, 0) is 54.5 Å². The van der Waals surface area contributed by atoms with Crippen LogP contribution in [0.1, 0.15) is 80.1 Å². The minimum absolute atomic E-state index is 0.246. The molecule has 0 saturated carbocycles. The molecule has 0 aliphatic carbocycles. The Bertz CT molecular complexity index is 2230. The highest BCUT2D eigenvalue weighted by atomic mass is 31.2. The quantitative estimate of drug-likeness (QED) is 0.0241. The highest BCUT2D eigenvalue weighted by Gasteiger charge is 2.31. The molecule has 0 saturated heterocycles. The van der Waals surface area contributed by atoms with Gasteiger partial charge in [0.15, 0.2) is 0 Å². The zero-order valence-electron chi connectivity index (χ0n) is 43.4. The van der Waals surface area contributed by atoms with E-state index in [1.54, 1.807) is 142 Å². The average molecular weight is 1100 g/mol. The number of hydrogen-bond donors (Lipinski definition) is 0. The molecule has 0 heterocycles. The van der Waals surface area contributed by atoms with Gasteiger partial charge < -0.3 is 18.1 Å². The highest BCUT2D eigenvalue weighted by molar-refractivity contribution is 7.49. The van der Waals surface area contributed by atoms with Crippen molar-refractivity contribution >= 4 is 31.3 Å². The first-order valence-corrected chi connectivity index (χ1v) is 29.9. The van der Waals surface area contributed by atoms with Crippen LogP contribution < -0.4 is 18.1 Å². The zero-order chi connectivity index (χ0) is 54.1. The Balaban J connectivity index is 0.000000487. The minimum Gasteiger partial charge on any atom is -0.404 e. The molecule has 0 spiro atoms. The smallest absolute Gasteiger partial charge is 0.404 e. The third-order valence-corrected chi connectivity index (χ3v) is 14.0. The van der Waals surface area contributed by atoms with Crippen LogP contribution in [0.25, 0.3) is 0 Å². The number of phosphoric acid groups is 4. The minimum atomic E-state index is -3.57. The maximum Gasteiger partial charge on any atom is 0.530 e. The summed E-state index contributed by atoms with van der Waals surface area (Å²) < 4.78 is 113. The molecule has 0 aliphatic heterocycles. The average Bonchev–Trinajstić information content (AvgIpc) is 3.35. The van der Waals surface area contributed by atoms with Gasteiger partial charge in [-0.1, -0.05) is 124 Å². The summed E-state index contributed by atoms with van der Waals surface area (Å²) in [5.41, 5.74) is 0. The second-order valence-electron chi connectivity index (χ2n) is 15.5. The summed E-state index contributed by atoms with van der Waals surface area (Å²) in [6.45, 7) is 27.5. The van der Waals surface area contributed by atoms with Gasteiger partial charge in [-0.3, -0.25) is 36.2 Å². The number of phosphoric ester groups is 4. The Morgan fingerprint density at radius 3 is 0.986 bits per heavy atom. The number of benzene rings is 4. The Hall–Kier alpha value is -4.36. The predicted molar refractivity (Wildman–Crippen MR) is 291 cm³/mol. The Morgan fingerprint density at radius 2 is 0.699 bits per heavy atom. The van der Waals surface area contributed by atoms with E-state index < -0.39 is 31.3 Å². The Kier molecular flexibility index (Phi) is 36.5. The van der Waals surface area contributed by atoms with Gasteiger partial charge in [-0.05, 0) is 107 Å². The van der Waals surface area contributed by atoms with E-state index >= 15 is 0 Å². The number of unbranched alkanes of at least 4 members (excludes halogenated alkanes) is 1. The summed E-state index contributed by atoms with van der Waals surface area (Å²) >= 11 is 0. The first-order chi connectivity index (χ1) is 35.0. The largest absolute Gasteiger partial charge is 0.530 e. The van der Waals surface area contributed by atoms with Crippen LogP contribution in [0, 0.1) is 5.92 Å². The van der Waals surface area contributed by atoms with Crippen LogP contribution in [0.4, 0.5) is 0 Å². The molecule has 4 rings (SSSR count). The number of para-hydroxylation sites is 4. The molecule has 4 atom stereocenters. The standard InChI is InChI=1S/2C14H21O4P.C13H19O4P.C12H17O4P/c1-4-5-11-16-19(15,17-12-13(2)3)18-14-9-7-6-8-10-14;1-3-5-12-16-19(15,17-13-6-4-2)18-14-10-8-7-9-11-14;1-4-5-11-15-18(14,16-12(2)3)17-13-9-7-6-8-10-13;1-3-5-11-15-17(13,14-4-2)16-12-9-7-6-8-10-12/h4,6-10,13H,1,5,11-12H2,2-3H3;3,7-11H,1,4-6,12-13H2,2H3;4,6-10,12H,1,5,11H2,2-3H3;3,6-10H,1,4-5,11H2,2H3. The monoisotopic (exact) mass is 1090 g/mol.